The van der Waals surface area contributed by atoms with Gasteiger partial charge >= 0.3 is 0 Å². The van der Waals surface area contributed by atoms with Crippen LogP contribution in [0.2, 0.25) is 0 Å². The predicted octanol–water partition coefficient (Wildman–Crippen LogP) is 0.800. The Morgan fingerprint density at radius 2 is 1.95 bits per heavy atom. The first kappa shape index (κ1) is 15.3. The number of carbonyl (C=O) groups is 1. The molecule has 1 amide bonds. The number of carbonyl (C=O) groups excluding carboxylic acids is 1. The van der Waals surface area contributed by atoms with Crippen LogP contribution in [0, 0.1) is 11.3 Å². The molecule has 0 aromatic heterocycles. The van der Waals surface area contributed by atoms with Gasteiger partial charge in [-0.3, -0.25) is 4.79 Å². The van der Waals surface area contributed by atoms with Crippen LogP contribution in [0.1, 0.15) is 39.0 Å². The van der Waals surface area contributed by atoms with E-state index in [4.69, 9.17) is 0 Å². The molecule has 21 heavy (non-hydrogen) atoms. The van der Waals surface area contributed by atoms with Crippen molar-refractivity contribution >= 4 is 15.7 Å². The van der Waals surface area contributed by atoms with Crippen molar-refractivity contribution in [2.75, 3.05) is 25.1 Å². The van der Waals surface area contributed by atoms with Crippen molar-refractivity contribution in [2.45, 2.75) is 51.1 Å². The van der Waals surface area contributed by atoms with E-state index in [1.165, 1.54) is 6.26 Å². The average molecular weight is 314 g/mol. The summed E-state index contributed by atoms with van der Waals surface area (Å²) in [5.74, 6) is 0.439. The van der Waals surface area contributed by atoms with Gasteiger partial charge in [0, 0.05) is 24.3 Å². The van der Waals surface area contributed by atoms with E-state index < -0.39 is 9.84 Å². The Kier molecular flexibility index (Phi) is 3.81. The maximum Gasteiger partial charge on any atom is 0.226 e. The second kappa shape index (κ2) is 5.23. The van der Waals surface area contributed by atoms with Gasteiger partial charge in [0.05, 0.1) is 5.75 Å². The summed E-state index contributed by atoms with van der Waals surface area (Å²) in [6, 6.07) is 0.0907. The summed E-state index contributed by atoms with van der Waals surface area (Å²) >= 11 is 0. The molecule has 1 N–H and O–H groups in total. The highest BCUT2D eigenvalue weighted by Crippen LogP contribution is 2.59. The Morgan fingerprint density at radius 1 is 1.33 bits per heavy atom. The van der Waals surface area contributed by atoms with Gasteiger partial charge in [-0.25, -0.2) is 8.42 Å². The largest absolute Gasteiger partial charge is 0.336 e. The van der Waals surface area contributed by atoms with Crippen LogP contribution >= 0.6 is 0 Å². The molecule has 5 nitrogen and oxygen atoms in total. The summed E-state index contributed by atoms with van der Waals surface area (Å²) < 4.78 is 23.1. The summed E-state index contributed by atoms with van der Waals surface area (Å²) in [7, 11) is -3.05. The number of hydrogen-bond acceptors (Lipinski definition) is 4. The first-order chi connectivity index (χ1) is 9.82. The zero-order chi connectivity index (χ0) is 15.3. The molecular formula is C15H26N2O3S. The highest BCUT2D eigenvalue weighted by molar-refractivity contribution is 7.90. The number of hydrogen-bond donors (Lipinski definition) is 1. The van der Waals surface area contributed by atoms with Crippen LogP contribution in [0.3, 0.4) is 0 Å². The van der Waals surface area contributed by atoms with E-state index >= 15 is 0 Å². The van der Waals surface area contributed by atoms with Gasteiger partial charge in [-0.2, -0.15) is 0 Å². The summed E-state index contributed by atoms with van der Waals surface area (Å²) in [6.45, 7) is 3.90. The number of piperidine rings is 1. The van der Waals surface area contributed by atoms with Crippen molar-refractivity contribution in [1.82, 2.24) is 10.2 Å². The van der Waals surface area contributed by atoms with E-state index in [0.29, 0.717) is 0 Å². The topological polar surface area (TPSA) is 66.5 Å². The highest BCUT2D eigenvalue weighted by atomic mass is 32.2. The monoisotopic (exact) mass is 314 g/mol. The Morgan fingerprint density at radius 3 is 2.48 bits per heavy atom. The van der Waals surface area contributed by atoms with Gasteiger partial charge in [-0.1, -0.05) is 0 Å². The number of sulfone groups is 1. The van der Waals surface area contributed by atoms with Gasteiger partial charge in [0.15, 0.2) is 0 Å². The van der Waals surface area contributed by atoms with E-state index in [-0.39, 0.29) is 35.1 Å². The molecule has 120 valence electrons. The molecule has 2 aliphatic carbocycles. The molecule has 0 aromatic rings. The third kappa shape index (κ3) is 3.26. The van der Waals surface area contributed by atoms with E-state index in [1.807, 2.05) is 11.8 Å². The van der Waals surface area contributed by atoms with E-state index in [1.54, 1.807) is 0 Å². The minimum atomic E-state index is -3.05. The first-order valence-electron chi connectivity index (χ1n) is 8.03. The standard InChI is InChI=1S/C15H26N2O3S/c1-11(10-21(2,19)20)17(12-3-4-12)14(18)13-9-15(13)5-7-16-8-6-15/h11-13,16H,3-10H2,1-2H3. The Bertz CT molecular complexity index is 521. The molecule has 2 saturated carbocycles. The molecular weight excluding hydrogens is 288 g/mol. The Balaban J connectivity index is 1.68. The van der Waals surface area contributed by atoms with E-state index in [2.05, 4.69) is 5.32 Å². The quantitative estimate of drug-likeness (QED) is 0.815. The van der Waals surface area contributed by atoms with Crippen LogP contribution in [0.5, 0.6) is 0 Å². The normalized spacial score (nSPS) is 29.1. The molecule has 0 bridgehead atoms. The van der Waals surface area contributed by atoms with Gasteiger partial charge in [-0.05, 0) is 57.5 Å². The fraction of sp³-hybridized carbons (Fsp3) is 0.933. The maximum atomic E-state index is 12.9. The number of nitrogens with one attached hydrogen (secondary N) is 1. The van der Waals surface area contributed by atoms with Crippen molar-refractivity contribution in [1.29, 1.82) is 0 Å². The molecule has 2 atom stereocenters. The van der Waals surface area contributed by atoms with Crippen LogP contribution in [0.25, 0.3) is 0 Å². The molecule has 3 rings (SSSR count). The molecule has 6 heteroatoms. The summed E-state index contributed by atoms with van der Waals surface area (Å²) in [4.78, 5) is 14.8. The first-order valence-corrected chi connectivity index (χ1v) is 10.1. The summed E-state index contributed by atoms with van der Waals surface area (Å²) in [5.41, 5.74) is 0.223. The molecule has 2 unspecified atom stereocenters. The van der Waals surface area contributed by atoms with Gasteiger partial charge < -0.3 is 10.2 Å². The smallest absolute Gasteiger partial charge is 0.226 e. The van der Waals surface area contributed by atoms with E-state index in [9.17, 15) is 13.2 Å². The maximum absolute atomic E-state index is 12.9. The molecule has 3 fully saturated rings. The SMILES string of the molecule is CC(CS(C)(=O)=O)N(C(=O)C1CC12CCNCC2)C1CC1. The number of amides is 1. The van der Waals surface area contributed by atoms with Crippen molar-refractivity contribution < 1.29 is 13.2 Å². The lowest BCUT2D eigenvalue weighted by molar-refractivity contribution is -0.135. The third-order valence-corrected chi connectivity index (χ3v) is 6.39. The molecule has 1 spiro atoms. The molecule has 0 aromatic carbocycles. The lowest BCUT2D eigenvalue weighted by Crippen LogP contribution is -2.45. The average Bonchev–Trinajstić information content (AvgIpc) is 3.26. The summed E-state index contributed by atoms with van der Waals surface area (Å²) in [6.07, 6.45) is 6.49. The lowest BCUT2D eigenvalue weighted by atomic mass is 9.91. The minimum Gasteiger partial charge on any atom is -0.336 e. The van der Waals surface area contributed by atoms with Crippen LogP contribution in [0.4, 0.5) is 0 Å². The highest BCUT2D eigenvalue weighted by Gasteiger charge is 2.59. The summed E-state index contributed by atoms with van der Waals surface area (Å²) in [5, 5.41) is 3.35. The fourth-order valence-corrected chi connectivity index (χ4v) is 5.02. The Labute approximate surface area is 127 Å². The van der Waals surface area contributed by atoms with Crippen molar-refractivity contribution in [2.24, 2.45) is 11.3 Å². The lowest BCUT2D eigenvalue weighted by Gasteiger charge is -2.31. The van der Waals surface area contributed by atoms with Gasteiger partial charge in [0.1, 0.15) is 9.84 Å². The third-order valence-electron chi connectivity index (χ3n) is 5.30. The number of rotatable bonds is 5. The van der Waals surface area contributed by atoms with E-state index in [0.717, 1.165) is 45.2 Å². The van der Waals surface area contributed by atoms with Crippen molar-refractivity contribution in [3.63, 3.8) is 0 Å². The molecule has 1 heterocycles. The second-order valence-corrected chi connectivity index (χ2v) is 9.47. The fourth-order valence-electron chi connectivity index (χ4n) is 3.98. The van der Waals surface area contributed by atoms with Gasteiger partial charge in [0.2, 0.25) is 5.91 Å². The van der Waals surface area contributed by atoms with Crippen LogP contribution in [-0.4, -0.2) is 56.4 Å². The van der Waals surface area contributed by atoms with Crippen LogP contribution < -0.4 is 5.32 Å². The second-order valence-electron chi connectivity index (χ2n) is 7.29. The molecule has 1 saturated heterocycles. The van der Waals surface area contributed by atoms with Crippen molar-refractivity contribution in [3.05, 3.63) is 0 Å². The van der Waals surface area contributed by atoms with Gasteiger partial charge in [-0.15, -0.1) is 0 Å². The minimum absolute atomic E-state index is 0.0799. The molecule has 3 aliphatic rings. The predicted molar refractivity (Wildman–Crippen MR) is 81.7 cm³/mol. The zero-order valence-corrected chi connectivity index (χ0v) is 13.8. The number of nitrogens with zero attached hydrogens (tertiary/aromatic N) is 1. The Hall–Kier alpha value is -0.620. The van der Waals surface area contributed by atoms with Gasteiger partial charge in [0.25, 0.3) is 0 Å². The van der Waals surface area contributed by atoms with Crippen LogP contribution in [-0.2, 0) is 14.6 Å². The van der Waals surface area contributed by atoms with Crippen LogP contribution in [0.15, 0.2) is 0 Å². The zero-order valence-electron chi connectivity index (χ0n) is 13.0. The van der Waals surface area contributed by atoms with Crippen molar-refractivity contribution in [3.8, 4) is 0 Å². The molecule has 1 aliphatic heterocycles. The molecule has 0 radical (unpaired) electrons.